The third-order valence-corrected chi connectivity index (χ3v) is 3.06. The minimum Gasteiger partial charge on any atom is -0.377 e. The molecule has 17 heavy (non-hydrogen) atoms. The molecule has 0 heterocycles. The van der Waals surface area contributed by atoms with Crippen LogP contribution in [-0.2, 0) is 0 Å². The molecule has 0 bridgehead atoms. The first-order valence-electron chi connectivity index (χ1n) is 7.15. The molecule has 0 aromatic rings. The molecule has 0 fully saturated rings. The summed E-state index contributed by atoms with van der Waals surface area (Å²) in [6, 6.07) is 0. The number of allylic oxidation sites excluding steroid dienone is 1. The lowest BCUT2D eigenvalue weighted by Crippen LogP contribution is -2.20. The van der Waals surface area contributed by atoms with Gasteiger partial charge in [0, 0.05) is 13.1 Å². The summed E-state index contributed by atoms with van der Waals surface area (Å²) in [4.78, 5) is 2.53. The Balaban J connectivity index is 0. The van der Waals surface area contributed by atoms with Crippen LogP contribution in [0.3, 0.4) is 0 Å². The van der Waals surface area contributed by atoms with E-state index in [0.717, 1.165) is 0 Å². The molecule has 0 N–H and O–H groups in total. The Morgan fingerprint density at radius 2 is 1.35 bits per heavy atom. The van der Waals surface area contributed by atoms with Gasteiger partial charge in [-0.25, -0.2) is 0 Å². The van der Waals surface area contributed by atoms with Crippen LogP contribution in [0.1, 0.15) is 72.6 Å². The van der Waals surface area contributed by atoms with Gasteiger partial charge in [-0.1, -0.05) is 52.0 Å². The Kier molecular flexibility index (Phi) is 15.7. The number of rotatable bonds is 10. The van der Waals surface area contributed by atoms with Gasteiger partial charge in [0.15, 0.2) is 0 Å². The maximum absolute atomic E-state index is 2.53. The van der Waals surface area contributed by atoms with Crippen molar-refractivity contribution >= 4 is 12.4 Å². The molecule has 0 atom stereocenters. The fourth-order valence-electron chi connectivity index (χ4n) is 1.77. The molecule has 0 unspecified atom stereocenters. The average Bonchev–Trinajstić information content (AvgIpc) is 2.29. The highest BCUT2D eigenvalue weighted by Gasteiger charge is 2.00. The van der Waals surface area contributed by atoms with E-state index < -0.39 is 0 Å². The Labute approximate surface area is 115 Å². The highest BCUT2D eigenvalue weighted by atomic mass is 35.5. The molecule has 0 saturated carbocycles. The van der Waals surface area contributed by atoms with Crippen LogP contribution >= 0.6 is 12.4 Å². The number of nitrogens with zero attached hydrogens (tertiary/aromatic N) is 1. The van der Waals surface area contributed by atoms with Gasteiger partial charge in [0.2, 0.25) is 0 Å². The lowest BCUT2D eigenvalue weighted by Gasteiger charge is -2.21. The number of hydrogen-bond donors (Lipinski definition) is 0. The molecule has 2 heteroatoms. The standard InChI is InChI=1S/C15H31N.ClH/c1-5-8-10-12-16(13-11-9-6-2)14-15(4)7-3;/h14H,5-13H2,1-4H3;1H. The van der Waals surface area contributed by atoms with E-state index in [0.29, 0.717) is 0 Å². The van der Waals surface area contributed by atoms with Crippen LogP contribution in [0.2, 0.25) is 0 Å². The van der Waals surface area contributed by atoms with Gasteiger partial charge in [-0.3, -0.25) is 0 Å². The van der Waals surface area contributed by atoms with Crippen LogP contribution < -0.4 is 0 Å². The summed E-state index contributed by atoms with van der Waals surface area (Å²) in [5, 5.41) is 0. The molecule has 0 aliphatic heterocycles. The van der Waals surface area contributed by atoms with Crippen LogP contribution in [0.25, 0.3) is 0 Å². The Bertz CT molecular complexity index is 168. The van der Waals surface area contributed by atoms with Crippen molar-refractivity contribution in [2.75, 3.05) is 13.1 Å². The van der Waals surface area contributed by atoms with Crippen molar-refractivity contribution in [1.82, 2.24) is 4.90 Å². The van der Waals surface area contributed by atoms with E-state index in [-0.39, 0.29) is 12.4 Å². The van der Waals surface area contributed by atoms with Crippen molar-refractivity contribution in [2.45, 2.75) is 72.6 Å². The highest BCUT2D eigenvalue weighted by Crippen LogP contribution is 2.07. The van der Waals surface area contributed by atoms with Crippen molar-refractivity contribution in [2.24, 2.45) is 0 Å². The second kappa shape index (κ2) is 13.9. The van der Waals surface area contributed by atoms with Gasteiger partial charge in [-0.05, 0) is 32.4 Å². The van der Waals surface area contributed by atoms with Crippen LogP contribution in [0.4, 0.5) is 0 Å². The number of unbranched alkanes of at least 4 members (excludes halogenated alkanes) is 4. The van der Waals surface area contributed by atoms with Gasteiger partial charge >= 0.3 is 0 Å². The van der Waals surface area contributed by atoms with Gasteiger partial charge < -0.3 is 4.90 Å². The molecule has 0 aromatic carbocycles. The Hall–Kier alpha value is -0.170. The summed E-state index contributed by atoms with van der Waals surface area (Å²) < 4.78 is 0. The zero-order chi connectivity index (χ0) is 12.2. The van der Waals surface area contributed by atoms with Crippen LogP contribution in [0, 0.1) is 0 Å². The van der Waals surface area contributed by atoms with Crippen LogP contribution in [0.15, 0.2) is 11.8 Å². The fraction of sp³-hybridized carbons (Fsp3) is 0.867. The summed E-state index contributed by atoms with van der Waals surface area (Å²) in [6.07, 6.45) is 11.6. The molecule has 0 aliphatic carbocycles. The largest absolute Gasteiger partial charge is 0.377 e. The topological polar surface area (TPSA) is 3.24 Å². The fourth-order valence-corrected chi connectivity index (χ4v) is 1.77. The lowest BCUT2D eigenvalue weighted by molar-refractivity contribution is 0.351. The van der Waals surface area contributed by atoms with E-state index in [2.05, 4.69) is 38.8 Å². The van der Waals surface area contributed by atoms with E-state index in [4.69, 9.17) is 0 Å². The Morgan fingerprint density at radius 1 is 0.882 bits per heavy atom. The van der Waals surface area contributed by atoms with Crippen molar-refractivity contribution in [3.8, 4) is 0 Å². The van der Waals surface area contributed by atoms with Gasteiger partial charge in [0.25, 0.3) is 0 Å². The molecule has 0 aromatic heterocycles. The van der Waals surface area contributed by atoms with E-state index >= 15 is 0 Å². The monoisotopic (exact) mass is 261 g/mol. The van der Waals surface area contributed by atoms with Gasteiger partial charge in [-0.2, -0.15) is 0 Å². The van der Waals surface area contributed by atoms with Gasteiger partial charge in [0.1, 0.15) is 0 Å². The second-order valence-corrected chi connectivity index (χ2v) is 4.78. The predicted molar refractivity (Wildman–Crippen MR) is 81.9 cm³/mol. The molecule has 0 rings (SSSR count). The summed E-state index contributed by atoms with van der Waals surface area (Å²) >= 11 is 0. The van der Waals surface area contributed by atoms with Gasteiger partial charge in [0.05, 0.1) is 0 Å². The molecular weight excluding hydrogens is 230 g/mol. The first kappa shape index (κ1) is 19.2. The molecule has 0 saturated heterocycles. The molecule has 1 nitrogen and oxygen atoms in total. The van der Waals surface area contributed by atoms with Gasteiger partial charge in [-0.15, -0.1) is 12.4 Å². The molecule has 0 amide bonds. The highest BCUT2D eigenvalue weighted by molar-refractivity contribution is 5.85. The Morgan fingerprint density at radius 3 is 1.71 bits per heavy atom. The van der Waals surface area contributed by atoms with E-state index in [1.54, 1.807) is 0 Å². The zero-order valence-corrected chi connectivity index (χ0v) is 13.1. The molecule has 0 aliphatic rings. The van der Waals surface area contributed by atoms with Crippen LogP contribution in [0.5, 0.6) is 0 Å². The van der Waals surface area contributed by atoms with Crippen molar-refractivity contribution in [3.63, 3.8) is 0 Å². The summed E-state index contributed by atoms with van der Waals surface area (Å²) in [5.41, 5.74) is 1.51. The molecule has 104 valence electrons. The summed E-state index contributed by atoms with van der Waals surface area (Å²) in [7, 11) is 0. The second-order valence-electron chi connectivity index (χ2n) is 4.78. The number of hydrogen-bond acceptors (Lipinski definition) is 1. The first-order chi connectivity index (χ1) is 7.74. The summed E-state index contributed by atoms with van der Waals surface area (Å²) in [5.74, 6) is 0. The van der Waals surface area contributed by atoms with Crippen molar-refractivity contribution in [1.29, 1.82) is 0 Å². The maximum Gasteiger partial charge on any atom is 0.0172 e. The first-order valence-corrected chi connectivity index (χ1v) is 7.15. The van der Waals surface area contributed by atoms with Crippen LogP contribution in [-0.4, -0.2) is 18.0 Å². The lowest BCUT2D eigenvalue weighted by atomic mass is 10.2. The smallest absolute Gasteiger partial charge is 0.0172 e. The predicted octanol–water partition coefficient (Wildman–Crippen LogP) is 5.40. The normalized spacial score (nSPS) is 11.2. The molecule has 0 radical (unpaired) electrons. The van der Waals surface area contributed by atoms with E-state index in [1.165, 1.54) is 63.6 Å². The van der Waals surface area contributed by atoms with E-state index in [1.807, 2.05) is 0 Å². The summed E-state index contributed by atoms with van der Waals surface area (Å²) in [6.45, 7) is 11.5. The SMILES string of the molecule is CCCCCN(C=C(C)CC)CCCCC.Cl. The average molecular weight is 262 g/mol. The third-order valence-electron chi connectivity index (χ3n) is 3.06. The van der Waals surface area contributed by atoms with E-state index in [9.17, 15) is 0 Å². The minimum absolute atomic E-state index is 0. The number of halogens is 1. The zero-order valence-electron chi connectivity index (χ0n) is 12.3. The molecular formula is C15H32ClN. The van der Waals surface area contributed by atoms with Crippen molar-refractivity contribution in [3.05, 3.63) is 11.8 Å². The van der Waals surface area contributed by atoms with Crippen molar-refractivity contribution < 1.29 is 0 Å². The third kappa shape index (κ3) is 12.1. The maximum atomic E-state index is 2.53. The molecule has 0 spiro atoms. The minimum atomic E-state index is 0. The quantitative estimate of drug-likeness (QED) is 0.476.